The van der Waals surface area contributed by atoms with Crippen molar-refractivity contribution in [3.63, 3.8) is 0 Å². The molecule has 0 atom stereocenters. The molecule has 8 nitrogen and oxygen atoms in total. The molecule has 4 rings (SSSR count). The van der Waals surface area contributed by atoms with Crippen molar-refractivity contribution in [3.8, 4) is 5.75 Å². The normalized spacial score (nSPS) is 13.5. The fourth-order valence-electron chi connectivity index (χ4n) is 3.82. The van der Waals surface area contributed by atoms with Crippen molar-refractivity contribution in [2.45, 2.75) is 6.92 Å². The molecule has 1 heterocycles. The van der Waals surface area contributed by atoms with Crippen LogP contribution in [0.2, 0.25) is 0 Å². The van der Waals surface area contributed by atoms with Crippen LogP contribution in [0.25, 0.3) is 5.57 Å². The largest absolute Gasteiger partial charge is 0.497 e. The Kier molecular flexibility index (Phi) is 5.91. The number of hydrogen-bond acceptors (Lipinski definition) is 6. The molecule has 3 aromatic carbocycles. The third kappa shape index (κ3) is 3.94. The zero-order valence-corrected chi connectivity index (χ0v) is 18.1. The maximum atomic E-state index is 13.7. The van der Waals surface area contributed by atoms with E-state index in [1.807, 2.05) is 37.3 Å². The number of carbonyl (C=O) groups is 2. The minimum Gasteiger partial charge on any atom is -0.497 e. The van der Waals surface area contributed by atoms with E-state index in [0.29, 0.717) is 23.5 Å². The van der Waals surface area contributed by atoms with Crippen LogP contribution in [-0.2, 0) is 9.59 Å². The second kappa shape index (κ2) is 8.96. The third-order valence-electron chi connectivity index (χ3n) is 5.41. The maximum absolute atomic E-state index is 13.7. The van der Waals surface area contributed by atoms with E-state index in [0.717, 1.165) is 10.6 Å². The number of para-hydroxylation sites is 1. The van der Waals surface area contributed by atoms with E-state index in [4.69, 9.17) is 4.74 Å². The van der Waals surface area contributed by atoms with Gasteiger partial charge < -0.3 is 9.64 Å². The highest BCUT2D eigenvalue weighted by Crippen LogP contribution is 2.37. The first-order valence-corrected chi connectivity index (χ1v) is 10.3. The van der Waals surface area contributed by atoms with Crippen LogP contribution >= 0.6 is 0 Å². The number of benzene rings is 3. The lowest BCUT2D eigenvalue weighted by Gasteiger charge is -2.25. The molecule has 8 heteroatoms. The van der Waals surface area contributed by atoms with E-state index < -0.39 is 16.7 Å². The van der Waals surface area contributed by atoms with Crippen LogP contribution in [0, 0.1) is 10.1 Å². The van der Waals surface area contributed by atoms with Gasteiger partial charge in [-0.3, -0.25) is 19.7 Å². The van der Waals surface area contributed by atoms with E-state index in [9.17, 15) is 19.7 Å². The summed E-state index contributed by atoms with van der Waals surface area (Å²) in [5, 5.41) is 11.1. The summed E-state index contributed by atoms with van der Waals surface area (Å²) < 4.78 is 5.18. The van der Waals surface area contributed by atoms with Gasteiger partial charge in [-0.1, -0.05) is 18.2 Å². The van der Waals surface area contributed by atoms with Crippen molar-refractivity contribution in [3.05, 3.63) is 100 Å². The monoisotopic (exact) mass is 443 g/mol. The van der Waals surface area contributed by atoms with Gasteiger partial charge in [-0.15, -0.1) is 0 Å². The van der Waals surface area contributed by atoms with Crippen molar-refractivity contribution < 1.29 is 19.2 Å². The summed E-state index contributed by atoms with van der Waals surface area (Å²) in [6.45, 7) is 2.33. The second-order valence-electron chi connectivity index (χ2n) is 7.25. The van der Waals surface area contributed by atoms with Gasteiger partial charge in [0.05, 0.1) is 23.3 Å². The summed E-state index contributed by atoms with van der Waals surface area (Å²) in [7, 11) is 1.53. The Morgan fingerprint density at radius 3 is 2.09 bits per heavy atom. The first kappa shape index (κ1) is 21.8. The van der Waals surface area contributed by atoms with Gasteiger partial charge in [0.15, 0.2) is 0 Å². The number of non-ortho nitro benzene ring substituents is 1. The van der Waals surface area contributed by atoms with Gasteiger partial charge in [-0.25, -0.2) is 4.90 Å². The molecular formula is C25H21N3O5. The van der Waals surface area contributed by atoms with Gasteiger partial charge in [0.1, 0.15) is 11.4 Å². The van der Waals surface area contributed by atoms with Gasteiger partial charge in [-0.2, -0.15) is 0 Å². The van der Waals surface area contributed by atoms with Crippen LogP contribution in [0.4, 0.5) is 17.1 Å². The highest BCUT2D eigenvalue weighted by molar-refractivity contribution is 6.46. The Hall–Kier alpha value is -4.46. The number of ether oxygens (including phenoxy) is 1. The number of nitro groups is 1. The highest BCUT2D eigenvalue weighted by atomic mass is 16.6. The molecule has 0 radical (unpaired) electrons. The van der Waals surface area contributed by atoms with Crippen LogP contribution in [-0.4, -0.2) is 30.4 Å². The molecule has 0 bridgehead atoms. The van der Waals surface area contributed by atoms with Crippen molar-refractivity contribution >= 4 is 34.4 Å². The van der Waals surface area contributed by atoms with Crippen LogP contribution in [0.3, 0.4) is 0 Å². The Morgan fingerprint density at radius 2 is 1.55 bits per heavy atom. The summed E-state index contributed by atoms with van der Waals surface area (Å²) in [5.41, 5.74) is 1.91. The minimum atomic E-state index is -0.507. The highest BCUT2D eigenvalue weighted by Gasteiger charge is 2.42. The zero-order chi connectivity index (χ0) is 23.5. The average Bonchev–Trinajstić information content (AvgIpc) is 3.10. The number of nitro benzene ring substituents is 1. The molecule has 3 aromatic rings. The van der Waals surface area contributed by atoms with Gasteiger partial charge in [0, 0.05) is 24.4 Å². The van der Waals surface area contributed by atoms with Gasteiger partial charge >= 0.3 is 0 Å². The van der Waals surface area contributed by atoms with Crippen molar-refractivity contribution in [2.24, 2.45) is 0 Å². The predicted molar refractivity (Wildman–Crippen MR) is 125 cm³/mol. The van der Waals surface area contributed by atoms with Crippen LogP contribution in [0.1, 0.15) is 12.5 Å². The molecule has 33 heavy (non-hydrogen) atoms. The molecular weight excluding hydrogens is 422 g/mol. The summed E-state index contributed by atoms with van der Waals surface area (Å²) >= 11 is 0. The zero-order valence-electron chi connectivity index (χ0n) is 18.1. The SMILES string of the molecule is CCN(C1=C(c2ccc([N+](=O)[O-])cc2)C(=O)N(c2ccc(OC)cc2)C1=O)c1ccccc1. The van der Waals surface area contributed by atoms with Crippen LogP contribution in [0.5, 0.6) is 5.75 Å². The summed E-state index contributed by atoms with van der Waals surface area (Å²) in [5.74, 6) is -0.367. The van der Waals surface area contributed by atoms with Crippen molar-refractivity contribution in [1.29, 1.82) is 0 Å². The quantitative estimate of drug-likeness (QED) is 0.305. The number of imide groups is 1. The topological polar surface area (TPSA) is 93.0 Å². The molecule has 1 aliphatic rings. The number of amides is 2. The Bertz CT molecular complexity index is 1240. The second-order valence-corrected chi connectivity index (χ2v) is 7.25. The van der Waals surface area contributed by atoms with E-state index in [1.54, 1.807) is 29.2 Å². The van der Waals surface area contributed by atoms with Gasteiger partial charge in [0.25, 0.3) is 17.5 Å². The molecule has 0 N–H and O–H groups in total. The molecule has 0 saturated carbocycles. The first-order chi connectivity index (χ1) is 16.0. The average molecular weight is 443 g/mol. The Balaban J connectivity index is 1.87. The fraction of sp³-hybridized carbons (Fsp3) is 0.120. The van der Waals surface area contributed by atoms with E-state index in [1.165, 1.54) is 31.4 Å². The number of methoxy groups -OCH3 is 1. The van der Waals surface area contributed by atoms with E-state index in [-0.39, 0.29) is 17.0 Å². The molecule has 0 aliphatic carbocycles. The van der Waals surface area contributed by atoms with Crippen molar-refractivity contribution in [2.75, 3.05) is 23.5 Å². The number of anilines is 2. The Morgan fingerprint density at radius 1 is 0.909 bits per heavy atom. The molecule has 0 saturated heterocycles. The first-order valence-electron chi connectivity index (χ1n) is 10.3. The lowest BCUT2D eigenvalue weighted by atomic mass is 10.0. The third-order valence-corrected chi connectivity index (χ3v) is 5.41. The number of carbonyl (C=O) groups excluding carboxylic acids is 2. The summed E-state index contributed by atoms with van der Waals surface area (Å²) in [6.07, 6.45) is 0. The standard InChI is InChI=1S/C25H21N3O5/c1-3-26(18-7-5-4-6-8-18)23-22(17-9-11-20(12-10-17)28(31)32)24(29)27(25(23)30)19-13-15-21(33-2)16-14-19/h4-16H,3H2,1-2H3. The molecule has 0 aromatic heterocycles. The summed E-state index contributed by atoms with van der Waals surface area (Å²) in [6, 6.07) is 21.6. The van der Waals surface area contributed by atoms with Crippen LogP contribution < -0.4 is 14.5 Å². The lowest BCUT2D eigenvalue weighted by Crippen LogP contribution is -2.35. The molecule has 1 aliphatic heterocycles. The minimum absolute atomic E-state index is 0.0971. The maximum Gasteiger partial charge on any atom is 0.282 e. The molecule has 166 valence electrons. The molecule has 0 spiro atoms. The lowest BCUT2D eigenvalue weighted by molar-refractivity contribution is -0.384. The number of likely N-dealkylation sites (N-methyl/N-ethyl adjacent to an activating group) is 1. The fourth-order valence-corrected chi connectivity index (χ4v) is 3.82. The molecule has 0 unspecified atom stereocenters. The van der Waals surface area contributed by atoms with E-state index >= 15 is 0 Å². The van der Waals surface area contributed by atoms with Crippen molar-refractivity contribution in [1.82, 2.24) is 0 Å². The molecule has 2 amide bonds. The number of nitrogens with zero attached hydrogens (tertiary/aromatic N) is 3. The molecule has 0 fully saturated rings. The Labute approximate surface area is 190 Å². The number of hydrogen-bond donors (Lipinski definition) is 0. The van der Waals surface area contributed by atoms with E-state index in [2.05, 4.69) is 0 Å². The number of rotatable bonds is 7. The van der Waals surface area contributed by atoms with Crippen LogP contribution in [0.15, 0.2) is 84.6 Å². The van der Waals surface area contributed by atoms with Gasteiger partial charge in [0.2, 0.25) is 0 Å². The smallest absolute Gasteiger partial charge is 0.282 e. The van der Waals surface area contributed by atoms with Gasteiger partial charge in [-0.05, 0) is 61.0 Å². The predicted octanol–water partition coefficient (Wildman–Crippen LogP) is 4.41. The summed E-state index contributed by atoms with van der Waals surface area (Å²) in [4.78, 5) is 40.8.